The highest BCUT2D eigenvalue weighted by atomic mass is 35.5. The summed E-state index contributed by atoms with van der Waals surface area (Å²) in [5.74, 6) is -0.427. The van der Waals surface area contributed by atoms with E-state index in [1.54, 1.807) is 30.5 Å². The van der Waals surface area contributed by atoms with E-state index in [9.17, 15) is 9.18 Å². The molecule has 0 bridgehead atoms. The van der Waals surface area contributed by atoms with E-state index < -0.39 is 6.04 Å². The summed E-state index contributed by atoms with van der Waals surface area (Å²) in [5, 5.41) is 6.17. The lowest BCUT2D eigenvalue weighted by Crippen LogP contribution is -2.44. The first-order chi connectivity index (χ1) is 16.0. The number of thiazole rings is 1. The summed E-state index contributed by atoms with van der Waals surface area (Å²) >= 11 is 7.53. The smallest absolute Gasteiger partial charge is 0.243 e. The number of benzene rings is 2. The number of carbonyl (C=O) groups excluding carboxylic acids is 1. The molecule has 0 aliphatic rings. The molecule has 168 valence electrons. The van der Waals surface area contributed by atoms with Gasteiger partial charge in [0.2, 0.25) is 5.91 Å². The predicted octanol–water partition coefficient (Wildman–Crippen LogP) is 6.23. The lowest BCUT2D eigenvalue weighted by atomic mass is 10.1. The molecule has 5 nitrogen and oxygen atoms in total. The third-order valence-corrected chi connectivity index (χ3v) is 6.21. The minimum absolute atomic E-state index is 0.128. The van der Waals surface area contributed by atoms with Crippen molar-refractivity contribution >= 4 is 39.7 Å². The molecule has 0 spiro atoms. The zero-order valence-electron chi connectivity index (χ0n) is 17.9. The first kappa shape index (κ1) is 22.9. The van der Waals surface area contributed by atoms with E-state index in [4.69, 9.17) is 16.6 Å². The van der Waals surface area contributed by atoms with E-state index in [0.717, 1.165) is 22.6 Å². The number of amides is 1. The van der Waals surface area contributed by atoms with E-state index in [2.05, 4.69) is 10.3 Å². The number of aromatic nitrogens is 2. The fourth-order valence-corrected chi connectivity index (χ4v) is 4.47. The standard InChI is InChI=1S/C25H22ClFN4OS/c1-2-23(24(32)29-15-20-5-3-4-14-28-20)31(21-12-8-18(26)9-13-21)25-30-22(16-33-25)17-6-10-19(27)11-7-17/h3-14,16,23H,2,15H2,1H3,(H,29,32). The van der Waals surface area contributed by atoms with Crippen LogP contribution >= 0.6 is 22.9 Å². The van der Waals surface area contributed by atoms with Crippen molar-refractivity contribution in [3.8, 4) is 11.3 Å². The van der Waals surface area contributed by atoms with Crippen LogP contribution in [-0.2, 0) is 11.3 Å². The lowest BCUT2D eigenvalue weighted by Gasteiger charge is -2.30. The Morgan fingerprint density at radius 3 is 2.55 bits per heavy atom. The van der Waals surface area contributed by atoms with Crippen LogP contribution < -0.4 is 10.2 Å². The number of hydrogen-bond donors (Lipinski definition) is 1. The van der Waals surface area contributed by atoms with Crippen molar-refractivity contribution < 1.29 is 9.18 Å². The predicted molar refractivity (Wildman–Crippen MR) is 131 cm³/mol. The van der Waals surface area contributed by atoms with Gasteiger partial charge in [0.1, 0.15) is 11.9 Å². The molecule has 2 aromatic carbocycles. The quantitative estimate of drug-likeness (QED) is 0.324. The molecule has 1 unspecified atom stereocenters. The second-order valence-electron chi connectivity index (χ2n) is 7.33. The van der Waals surface area contributed by atoms with Crippen LogP contribution in [0.15, 0.2) is 78.3 Å². The van der Waals surface area contributed by atoms with Gasteiger partial charge < -0.3 is 10.2 Å². The maximum atomic E-state index is 13.3. The van der Waals surface area contributed by atoms with Gasteiger partial charge >= 0.3 is 0 Å². The molecule has 1 N–H and O–H groups in total. The average Bonchev–Trinajstić information content (AvgIpc) is 3.32. The normalized spacial score (nSPS) is 11.7. The molecule has 0 saturated carbocycles. The molecule has 1 atom stereocenters. The van der Waals surface area contributed by atoms with Gasteiger partial charge in [-0.1, -0.05) is 24.6 Å². The fourth-order valence-electron chi connectivity index (χ4n) is 3.44. The summed E-state index contributed by atoms with van der Waals surface area (Å²) in [6.45, 7) is 2.30. The van der Waals surface area contributed by atoms with Crippen molar-refractivity contribution in [2.45, 2.75) is 25.9 Å². The van der Waals surface area contributed by atoms with Crippen LogP contribution in [0.4, 0.5) is 15.2 Å². The van der Waals surface area contributed by atoms with Gasteiger partial charge in [0, 0.05) is 27.9 Å². The maximum absolute atomic E-state index is 13.3. The Bertz CT molecular complexity index is 1200. The highest BCUT2D eigenvalue weighted by Crippen LogP contribution is 2.35. The minimum Gasteiger partial charge on any atom is -0.349 e. The van der Waals surface area contributed by atoms with E-state index in [-0.39, 0.29) is 11.7 Å². The maximum Gasteiger partial charge on any atom is 0.243 e. The molecular weight excluding hydrogens is 459 g/mol. The van der Waals surface area contributed by atoms with Gasteiger partial charge in [-0.2, -0.15) is 0 Å². The number of rotatable bonds is 8. The lowest BCUT2D eigenvalue weighted by molar-refractivity contribution is -0.122. The Labute approximate surface area is 200 Å². The topological polar surface area (TPSA) is 58.1 Å². The summed E-state index contributed by atoms with van der Waals surface area (Å²) in [7, 11) is 0. The Balaban J connectivity index is 1.65. The molecule has 0 aliphatic heterocycles. The SMILES string of the molecule is CCC(C(=O)NCc1ccccn1)N(c1ccc(Cl)cc1)c1nc(-c2ccc(F)cc2)cs1. The van der Waals surface area contributed by atoms with Crippen molar-refractivity contribution in [3.05, 3.63) is 94.8 Å². The van der Waals surface area contributed by atoms with Crippen LogP contribution in [0.25, 0.3) is 11.3 Å². The Morgan fingerprint density at radius 1 is 1.12 bits per heavy atom. The van der Waals surface area contributed by atoms with E-state index in [1.165, 1.54) is 23.5 Å². The molecule has 0 radical (unpaired) electrons. The highest BCUT2D eigenvalue weighted by molar-refractivity contribution is 7.14. The summed E-state index contributed by atoms with van der Waals surface area (Å²) in [5.41, 5.74) is 3.12. The summed E-state index contributed by atoms with van der Waals surface area (Å²) in [6, 6.07) is 18.6. The number of nitrogens with one attached hydrogen (secondary N) is 1. The molecule has 0 fully saturated rings. The second-order valence-corrected chi connectivity index (χ2v) is 8.60. The van der Waals surface area contributed by atoms with Crippen molar-refractivity contribution in [1.82, 2.24) is 15.3 Å². The van der Waals surface area contributed by atoms with E-state index in [1.807, 2.05) is 47.5 Å². The van der Waals surface area contributed by atoms with Gasteiger partial charge in [0.25, 0.3) is 0 Å². The van der Waals surface area contributed by atoms with Gasteiger partial charge in [-0.3, -0.25) is 9.78 Å². The Kier molecular flexibility index (Phi) is 7.32. The fraction of sp³-hybridized carbons (Fsp3) is 0.160. The van der Waals surface area contributed by atoms with Gasteiger partial charge in [-0.05, 0) is 67.1 Å². The average molecular weight is 481 g/mol. The van der Waals surface area contributed by atoms with Gasteiger partial charge in [-0.15, -0.1) is 11.3 Å². The molecule has 2 heterocycles. The molecule has 4 rings (SSSR count). The Hall–Kier alpha value is -3.29. The van der Waals surface area contributed by atoms with E-state index >= 15 is 0 Å². The third-order valence-electron chi connectivity index (χ3n) is 5.11. The third kappa shape index (κ3) is 5.56. The molecule has 8 heteroatoms. The summed E-state index contributed by atoms with van der Waals surface area (Å²) in [6.07, 6.45) is 2.26. The molecule has 1 amide bonds. The monoisotopic (exact) mass is 480 g/mol. The van der Waals surface area contributed by atoms with Crippen molar-refractivity contribution in [2.75, 3.05) is 4.90 Å². The zero-order chi connectivity index (χ0) is 23.2. The molecule has 4 aromatic rings. The van der Waals surface area contributed by atoms with Gasteiger partial charge in [0.15, 0.2) is 5.13 Å². The van der Waals surface area contributed by atoms with Gasteiger partial charge in [0.05, 0.1) is 17.9 Å². The van der Waals surface area contributed by atoms with Crippen LogP contribution in [0.2, 0.25) is 5.02 Å². The zero-order valence-corrected chi connectivity index (χ0v) is 19.5. The minimum atomic E-state index is -0.498. The molecule has 0 aliphatic carbocycles. The first-order valence-corrected chi connectivity index (χ1v) is 11.7. The van der Waals surface area contributed by atoms with Crippen LogP contribution in [0, 0.1) is 5.82 Å². The van der Waals surface area contributed by atoms with E-state index in [0.29, 0.717) is 23.1 Å². The second kappa shape index (κ2) is 10.6. The van der Waals surface area contributed by atoms with Gasteiger partial charge in [-0.25, -0.2) is 9.37 Å². The number of halogens is 2. The molecule has 0 saturated heterocycles. The summed E-state index contributed by atoms with van der Waals surface area (Å²) in [4.78, 5) is 24.2. The number of pyridine rings is 1. The van der Waals surface area contributed by atoms with Crippen LogP contribution in [0.5, 0.6) is 0 Å². The van der Waals surface area contributed by atoms with Crippen molar-refractivity contribution in [2.24, 2.45) is 0 Å². The van der Waals surface area contributed by atoms with Crippen LogP contribution in [0.1, 0.15) is 19.0 Å². The van der Waals surface area contributed by atoms with Crippen LogP contribution in [-0.4, -0.2) is 21.9 Å². The molecule has 2 aromatic heterocycles. The van der Waals surface area contributed by atoms with Crippen molar-refractivity contribution in [3.63, 3.8) is 0 Å². The number of nitrogens with zero attached hydrogens (tertiary/aromatic N) is 3. The van der Waals surface area contributed by atoms with Crippen LogP contribution in [0.3, 0.4) is 0 Å². The summed E-state index contributed by atoms with van der Waals surface area (Å²) < 4.78 is 13.3. The largest absolute Gasteiger partial charge is 0.349 e. The number of carbonyl (C=O) groups is 1. The Morgan fingerprint density at radius 2 is 1.88 bits per heavy atom. The molecular formula is C25H22ClFN4OS. The first-order valence-electron chi connectivity index (χ1n) is 10.5. The van der Waals surface area contributed by atoms with Crippen molar-refractivity contribution in [1.29, 1.82) is 0 Å². The highest BCUT2D eigenvalue weighted by Gasteiger charge is 2.28. The molecule has 33 heavy (non-hydrogen) atoms. The number of hydrogen-bond acceptors (Lipinski definition) is 5. The number of anilines is 2.